The number of rotatable bonds is 2. The minimum Gasteiger partial charge on any atom is -0.171 e. The smallest absolute Gasteiger partial charge is 0.171 e. The van der Waals surface area contributed by atoms with E-state index in [-0.39, 0.29) is 12.3 Å². The molecule has 0 heterocycles. The second kappa shape index (κ2) is 4.34. The highest BCUT2D eigenvalue weighted by atomic mass is 19.4. The van der Waals surface area contributed by atoms with Crippen molar-refractivity contribution >= 4 is 0 Å². The SMILES string of the molecule is CCC(C1CCCCC1)C(F)(F)F. The minimum atomic E-state index is -3.98. The van der Waals surface area contributed by atoms with E-state index in [2.05, 4.69) is 0 Å². The fourth-order valence-corrected chi connectivity index (χ4v) is 2.37. The summed E-state index contributed by atoms with van der Waals surface area (Å²) in [5.74, 6) is -1.15. The van der Waals surface area contributed by atoms with Crippen LogP contribution >= 0.6 is 0 Å². The zero-order valence-corrected chi connectivity index (χ0v) is 8.03. The van der Waals surface area contributed by atoms with E-state index in [4.69, 9.17) is 0 Å². The molecule has 0 spiro atoms. The summed E-state index contributed by atoms with van der Waals surface area (Å²) in [6.07, 6.45) is 0.903. The van der Waals surface area contributed by atoms with Gasteiger partial charge in [-0.15, -0.1) is 0 Å². The van der Waals surface area contributed by atoms with E-state index in [0.29, 0.717) is 0 Å². The van der Waals surface area contributed by atoms with E-state index >= 15 is 0 Å². The second-order valence-electron chi connectivity index (χ2n) is 3.95. The summed E-state index contributed by atoms with van der Waals surface area (Å²) in [7, 11) is 0. The zero-order valence-electron chi connectivity index (χ0n) is 8.03. The molecule has 0 bridgehead atoms. The maximum atomic E-state index is 12.5. The van der Waals surface area contributed by atoms with E-state index in [1.165, 1.54) is 0 Å². The number of hydrogen-bond donors (Lipinski definition) is 0. The van der Waals surface area contributed by atoms with Crippen LogP contribution in [0.4, 0.5) is 13.2 Å². The fourth-order valence-electron chi connectivity index (χ4n) is 2.37. The molecule has 3 heteroatoms. The molecule has 0 saturated heterocycles. The molecule has 13 heavy (non-hydrogen) atoms. The molecular weight excluding hydrogens is 177 g/mol. The lowest BCUT2D eigenvalue weighted by molar-refractivity contribution is -0.192. The highest BCUT2D eigenvalue weighted by Gasteiger charge is 2.43. The van der Waals surface area contributed by atoms with Gasteiger partial charge in [0.25, 0.3) is 0 Å². The van der Waals surface area contributed by atoms with Crippen molar-refractivity contribution in [2.45, 2.75) is 51.6 Å². The van der Waals surface area contributed by atoms with E-state index < -0.39 is 12.1 Å². The average Bonchev–Trinajstić information content (AvgIpc) is 2.05. The Balaban J connectivity index is 2.54. The summed E-state index contributed by atoms with van der Waals surface area (Å²) in [4.78, 5) is 0. The molecule has 1 unspecified atom stereocenters. The average molecular weight is 194 g/mol. The summed E-state index contributed by atoms with van der Waals surface area (Å²) < 4.78 is 37.5. The van der Waals surface area contributed by atoms with Crippen molar-refractivity contribution in [3.05, 3.63) is 0 Å². The molecule has 0 aliphatic heterocycles. The largest absolute Gasteiger partial charge is 0.392 e. The topological polar surface area (TPSA) is 0 Å². The van der Waals surface area contributed by atoms with Crippen LogP contribution in [0.3, 0.4) is 0 Å². The molecule has 0 aromatic heterocycles. The van der Waals surface area contributed by atoms with Gasteiger partial charge >= 0.3 is 6.18 Å². The summed E-state index contributed by atoms with van der Waals surface area (Å²) in [5, 5.41) is 0. The van der Waals surface area contributed by atoms with Crippen molar-refractivity contribution in [1.29, 1.82) is 0 Å². The molecule has 1 fully saturated rings. The molecule has 78 valence electrons. The van der Waals surface area contributed by atoms with E-state index in [1.54, 1.807) is 6.92 Å². The Morgan fingerprint density at radius 1 is 1.15 bits per heavy atom. The Kier molecular flexibility index (Phi) is 3.63. The predicted molar refractivity (Wildman–Crippen MR) is 46.4 cm³/mol. The molecule has 0 radical (unpaired) electrons. The van der Waals surface area contributed by atoms with Gasteiger partial charge in [-0.05, 0) is 25.2 Å². The molecular formula is C10H17F3. The van der Waals surface area contributed by atoms with Crippen LogP contribution in [0.2, 0.25) is 0 Å². The van der Waals surface area contributed by atoms with Crippen LogP contribution in [0.25, 0.3) is 0 Å². The normalized spacial score (nSPS) is 23.1. The predicted octanol–water partition coefficient (Wildman–Crippen LogP) is 4.16. The van der Waals surface area contributed by atoms with Gasteiger partial charge in [-0.2, -0.15) is 13.2 Å². The zero-order chi connectivity index (χ0) is 9.90. The van der Waals surface area contributed by atoms with Crippen molar-refractivity contribution in [2.75, 3.05) is 0 Å². The van der Waals surface area contributed by atoms with Crippen molar-refractivity contribution in [1.82, 2.24) is 0 Å². The highest BCUT2D eigenvalue weighted by Crippen LogP contribution is 2.41. The van der Waals surface area contributed by atoms with E-state index in [0.717, 1.165) is 32.1 Å². The molecule has 0 nitrogen and oxygen atoms in total. The lowest BCUT2D eigenvalue weighted by atomic mass is 9.78. The molecule has 1 aliphatic rings. The summed E-state index contributed by atoms with van der Waals surface area (Å²) in [6, 6.07) is 0. The Morgan fingerprint density at radius 2 is 1.69 bits per heavy atom. The second-order valence-corrected chi connectivity index (χ2v) is 3.95. The Labute approximate surface area is 77.5 Å². The van der Waals surface area contributed by atoms with Gasteiger partial charge in [0.05, 0.1) is 5.92 Å². The molecule has 1 saturated carbocycles. The third-order valence-corrected chi connectivity index (χ3v) is 3.08. The van der Waals surface area contributed by atoms with Crippen LogP contribution in [0.15, 0.2) is 0 Å². The van der Waals surface area contributed by atoms with Crippen molar-refractivity contribution in [3.63, 3.8) is 0 Å². The molecule has 1 aliphatic carbocycles. The first kappa shape index (κ1) is 10.9. The first-order chi connectivity index (χ1) is 6.05. The molecule has 0 amide bonds. The van der Waals surface area contributed by atoms with Gasteiger partial charge in [0, 0.05) is 0 Å². The van der Waals surface area contributed by atoms with Crippen LogP contribution in [0, 0.1) is 11.8 Å². The Hall–Kier alpha value is -0.210. The van der Waals surface area contributed by atoms with Crippen LogP contribution < -0.4 is 0 Å². The van der Waals surface area contributed by atoms with Gasteiger partial charge in [-0.1, -0.05) is 26.2 Å². The summed E-state index contributed by atoms with van der Waals surface area (Å²) in [6.45, 7) is 1.65. The lowest BCUT2D eigenvalue weighted by Gasteiger charge is -2.30. The summed E-state index contributed by atoms with van der Waals surface area (Å²) in [5.41, 5.74) is 0. The highest BCUT2D eigenvalue weighted by molar-refractivity contribution is 4.77. The van der Waals surface area contributed by atoms with E-state index in [9.17, 15) is 13.2 Å². The molecule has 1 rings (SSSR count). The van der Waals surface area contributed by atoms with Gasteiger partial charge < -0.3 is 0 Å². The summed E-state index contributed by atoms with van der Waals surface area (Å²) >= 11 is 0. The Morgan fingerprint density at radius 3 is 2.08 bits per heavy atom. The number of hydrogen-bond acceptors (Lipinski definition) is 0. The molecule has 1 atom stereocenters. The van der Waals surface area contributed by atoms with Gasteiger partial charge in [0.15, 0.2) is 0 Å². The van der Waals surface area contributed by atoms with Crippen molar-refractivity contribution in [3.8, 4) is 0 Å². The van der Waals surface area contributed by atoms with Crippen LogP contribution in [0.1, 0.15) is 45.4 Å². The van der Waals surface area contributed by atoms with Crippen LogP contribution in [0.5, 0.6) is 0 Å². The molecule has 0 aromatic carbocycles. The van der Waals surface area contributed by atoms with Crippen LogP contribution in [-0.4, -0.2) is 6.18 Å². The van der Waals surface area contributed by atoms with Crippen molar-refractivity contribution in [2.24, 2.45) is 11.8 Å². The minimum absolute atomic E-state index is 0.0984. The maximum absolute atomic E-state index is 12.5. The monoisotopic (exact) mass is 194 g/mol. The standard InChI is InChI=1S/C10H17F3/c1-2-9(10(11,12)13)8-6-4-3-5-7-8/h8-9H,2-7H2,1H3. The number of halogens is 3. The Bertz CT molecular complexity index is 145. The number of alkyl halides is 3. The first-order valence-electron chi connectivity index (χ1n) is 5.12. The molecule has 0 aromatic rings. The van der Waals surface area contributed by atoms with E-state index in [1.807, 2.05) is 0 Å². The van der Waals surface area contributed by atoms with Crippen LogP contribution in [-0.2, 0) is 0 Å². The van der Waals surface area contributed by atoms with Gasteiger partial charge in [-0.3, -0.25) is 0 Å². The maximum Gasteiger partial charge on any atom is 0.392 e. The lowest BCUT2D eigenvalue weighted by Crippen LogP contribution is -2.31. The third-order valence-electron chi connectivity index (χ3n) is 3.08. The first-order valence-corrected chi connectivity index (χ1v) is 5.12. The van der Waals surface area contributed by atoms with Crippen molar-refractivity contribution < 1.29 is 13.2 Å². The quantitative estimate of drug-likeness (QED) is 0.619. The molecule has 0 N–H and O–H groups in total. The van der Waals surface area contributed by atoms with Gasteiger partial charge in [0.2, 0.25) is 0 Å². The van der Waals surface area contributed by atoms with Gasteiger partial charge in [-0.25, -0.2) is 0 Å². The fraction of sp³-hybridized carbons (Fsp3) is 1.00. The third kappa shape index (κ3) is 2.89. The van der Waals surface area contributed by atoms with Gasteiger partial charge in [0.1, 0.15) is 0 Å².